The van der Waals surface area contributed by atoms with Crippen molar-refractivity contribution < 1.29 is 19.4 Å². The first-order valence-corrected chi connectivity index (χ1v) is 6.20. The molecule has 1 aliphatic heterocycles. The third-order valence-electron chi connectivity index (χ3n) is 2.75. The predicted molar refractivity (Wildman–Crippen MR) is 69.1 cm³/mol. The van der Waals surface area contributed by atoms with Gasteiger partial charge in [-0.25, -0.2) is 0 Å². The predicted octanol–water partition coefficient (Wildman–Crippen LogP) is 0.594. The molecule has 0 bridgehead atoms. The van der Waals surface area contributed by atoms with Gasteiger partial charge in [-0.2, -0.15) is 0 Å². The summed E-state index contributed by atoms with van der Waals surface area (Å²) in [6, 6.07) is 9.33. The van der Waals surface area contributed by atoms with Gasteiger partial charge in [-0.1, -0.05) is 30.3 Å². The molecule has 1 unspecified atom stereocenters. The van der Waals surface area contributed by atoms with E-state index in [1.165, 1.54) is 6.26 Å². The summed E-state index contributed by atoms with van der Waals surface area (Å²) in [5.41, 5.74) is 1.05. The lowest BCUT2D eigenvalue weighted by Crippen LogP contribution is -2.40. The lowest BCUT2D eigenvalue weighted by Gasteiger charge is -2.19. The van der Waals surface area contributed by atoms with Gasteiger partial charge in [0.25, 0.3) is 5.91 Å². The van der Waals surface area contributed by atoms with Crippen LogP contribution in [-0.2, 0) is 20.7 Å². The Morgan fingerprint density at radius 3 is 2.74 bits per heavy atom. The standard InChI is InChI=1S/C14H17NO4/c16-9-12(8-11-4-2-1-3-5-11)15-14(17)13-10-18-6-7-19-13/h1-5,10,12,16H,6-9H2,(H,15,17). The third kappa shape index (κ3) is 3.99. The first-order chi connectivity index (χ1) is 9.29. The molecule has 5 nitrogen and oxygen atoms in total. The molecule has 0 saturated heterocycles. The molecule has 1 heterocycles. The smallest absolute Gasteiger partial charge is 0.289 e. The Labute approximate surface area is 111 Å². The van der Waals surface area contributed by atoms with E-state index in [-0.39, 0.29) is 24.3 Å². The molecule has 5 heteroatoms. The van der Waals surface area contributed by atoms with Crippen LogP contribution in [0.4, 0.5) is 0 Å². The Hall–Kier alpha value is -2.01. The van der Waals surface area contributed by atoms with Gasteiger partial charge in [0.15, 0.2) is 0 Å². The van der Waals surface area contributed by atoms with Crippen LogP contribution in [0.15, 0.2) is 42.4 Å². The van der Waals surface area contributed by atoms with Crippen molar-refractivity contribution in [2.45, 2.75) is 12.5 Å². The third-order valence-corrected chi connectivity index (χ3v) is 2.75. The highest BCUT2D eigenvalue weighted by Crippen LogP contribution is 2.07. The van der Waals surface area contributed by atoms with Crippen LogP contribution in [0, 0.1) is 0 Å². The summed E-state index contributed by atoms with van der Waals surface area (Å²) < 4.78 is 10.2. The highest BCUT2D eigenvalue weighted by molar-refractivity contribution is 5.91. The van der Waals surface area contributed by atoms with Crippen molar-refractivity contribution in [1.29, 1.82) is 0 Å². The number of rotatable bonds is 5. The molecule has 0 saturated carbocycles. The van der Waals surface area contributed by atoms with Gasteiger partial charge in [-0.15, -0.1) is 0 Å². The van der Waals surface area contributed by atoms with Crippen LogP contribution in [0.5, 0.6) is 0 Å². The van der Waals surface area contributed by atoms with Crippen molar-refractivity contribution in [1.82, 2.24) is 5.32 Å². The Morgan fingerprint density at radius 1 is 1.32 bits per heavy atom. The molecule has 1 atom stereocenters. The molecule has 1 amide bonds. The number of aliphatic hydroxyl groups excluding tert-OH is 1. The molecule has 1 aromatic rings. The van der Waals surface area contributed by atoms with Crippen molar-refractivity contribution >= 4 is 5.91 Å². The second kappa shape index (κ2) is 6.80. The Balaban J connectivity index is 1.91. The topological polar surface area (TPSA) is 67.8 Å². The highest BCUT2D eigenvalue weighted by Gasteiger charge is 2.18. The van der Waals surface area contributed by atoms with Gasteiger partial charge in [0, 0.05) is 0 Å². The number of aliphatic hydroxyl groups is 1. The zero-order chi connectivity index (χ0) is 13.5. The van der Waals surface area contributed by atoms with Crippen molar-refractivity contribution in [2.75, 3.05) is 19.8 Å². The summed E-state index contributed by atoms with van der Waals surface area (Å²) in [7, 11) is 0. The van der Waals surface area contributed by atoms with Crippen LogP contribution in [0.2, 0.25) is 0 Å². The van der Waals surface area contributed by atoms with Crippen molar-refractivity contribution in [3.63, 3.8) is 0 Å². The summed E-state index contributed by atoms with van der Waals surface area (Å²) in [4.78, 5) is 11.9. The lowest BCUT2D eigenvalue weighted by molar-refractivity contribution is -0.123. The van der Waals surface area contributed by atoms with Crippen molar-refractivity contribution in [3.05, 3.63) is 47.9 Å². The van der Waals surface area contributed by atoms with Crippen LogP contribution in [-0.4, -0.2) is 36.9 Å². The molecule has 102 valence electrons. The van der Waals surface area contributed by atoms with Gasteiger partial charge in [-0.3, -0.25) is 4.79 Å². The van der Waals surface area contributed by atoms with Crippen LogP contribution in [0.3, 0.4) is 0 Å². The van der Waals surface area contributed by atoms with Gasteiger partial charge in [-0.05, 0) is 12.0 Å². The lowest BCUT2D eigenvalue weighted by atomic mass is 10.1. The maximum Gasteiger partial charge on any atom is 0.289 e. The van der Waals surface area contributed by atoms with E-state index in [9.17, 15) is 9.90 Å². The second-order valence-corrected chi connectivity index (χ2v) is 4.24. The van der Waals surface area contributed by atoms with Crippen LogP contribution in [0.1, 0.15) is 5.56 Å². The second-order valence-electron chi connectivity index (χ2n) is 4.24. The van der Waals surface area contributed by atoms with Gasteiger partial charge in [0.1, 0.15) is 19.5 Å². The van der Waals surface area contributed by atoms with E-state index in [2.05, 4.69) is 5.32 Å². The van der Waals surface area contributed by atoms with Gasteiger partial charge >= 0.3 is 0 Å². The Bertz CT molecular complexity index is 444. The van der Waals surface area contributed by atoms with Crippen molar-refractivity contribution in [2.24, 2.45) is 0 Å². The fraction of sp³-hybridized carbons (Fsp3) is 0.357. The summed E-state index contributed by atoms with van der Waals surface area (Å²) >= 11 is 0. The minimum atomic E-state index is -0.366. The maximum absolute atomic E-state index is 11.9. The molecule has 0 aromatic heterocycles. The molecular weight excluding hydrogens is 246 g/mol. The quantitative estimate of drug-likeness (QED) is 0.816. The number of ether oxygens (including phenoxy) is 2. The minimum Gasteiger partial charge on any atom is -0.494 e. The molecule has 0 aliphatic carbocycles. The zero-order valence-corrected chi connectivity index (χ0v) is 10.5. The molecule has 0 spiro atoms. The van der Waals surface area contributed by atoms with Crippen LogP contribution >= 0.6 is 0 Å². The van der Waals surface area contributed by atoms with Gasteiger partial charge in [0.2, 0.25) is 5.76 Å². The monoisotopic (exact) mass is 263 g/mol. The Morgan fingerprint density at radius 2 is 2.11 bits per heavy atom. The fourth-order valence-electron chi connectivity index (χ4n) is 1.80. The molecule has 1 aromatic carbocycles. The minimum absolute atomic E-state index is 0.130. The molecule has 19 heavy (non-hydrogen) atoms. The molecule has 1 aliphatic rings. The zero-order valence-electron chi connectivity index (χ0n) is 10.5. The Kier molecular flexibility index (Phi) is 4.80. The SMILES string of the molecule is O=C(NC(CO)Cc1ccccc1)C1=COCCO1. The molecule has 0 fully saturated rings. The largest absolute Gasteiger partial charge is 0.494 e. The van der Waals surface area contributed by atoms with Gasteiger partial charge < -0.3 is 19.9 Å². The fourth-order valence-corrected chi connectivity index (χ4v) is 1.80. The maximum atomic E-state index is 11.9. The normalized spacial score (nSPS) is 15.7. The van der Waals surface area contributed by atoms with Crippen molar-refractivity contribution in [3.8, 4) is 0 Å². The number of carbonyl (C=O) groups is 1. The summed E-state index contributed by atoms with van der Waals surface area (Å²) in [5.74, 6) is -0.215. The first kappa shape index (κ1) is 13.4. The summed E-state index contributed by atoms with van der Waals surface area (Å²) in [5, 5.41) is 12.1. The first-order valence-electron chi connectivity index (χ1n) is 6.20. The van der Waals surface area contributed by atoms with Gasteiger partial charge in [0.05, 0.1) is 12.6 Å². The van der Waals surface area contributed by atoms with E-state index in [0.717, 1.165) is 5.56 Å². The van der Waals surface area contributed by atoms with E-state index in [4.69, 9.17) is 9.47 Å². The molecule has 2 rings (SSSR count). The van der Waals surface area contributed by atoms with Crippen LogP contribution < -0.4 is 5.32 Å². The van der Waals surface area contributed by atoms with E-state index < -0.39 is 0 Å². The highest BCUT2D eigenvalue weighted by atomic mass is 16.6. The van der Waals surface area contributed by atoms with E-state index in [1.807, 2.05) is 30.3 Å². The number of benzene rings is 1. The average molecular weight is 263 g/mol. The number of nitrogens with one attached hydrogen (secondary N) is 1. The number of hydrogen-bond donors (Lipinski definition) is 2. The molecule has 2 N–H and O–H groups in total. The van der Waals surface area contributed by atoms with E-state index in [1.54, 1.807) is 0 Å². The summed E-state index contributed by atoms with van der Waals surface area (Å²) in [6.45, 7) is 0.681. The summed E-state index contributed by atoms with van der Waals surface area (Å²) in [6.07, 6.45) is 1.87. The number of hydrogen-bond acceptors (Lipinski definition) is 4. The van der Waals surface area contributed by atoms with Crippen LogP contribution in [0.25, 0.3) is 0 Å². The van der Waals surface area contributed by atoms with E-state index in [0.29, 0.717) is 19.6 Å². The molecular formula is C14H17NO4. The number of carbonyl (C=O) groups excluding carboxylic acids is 1. The number of amides is 1. The van der Waals surface area contributed by atoms with E-state index >= 15 is 0 Å². The molecule has 0 radical (unpaired) electrons. The average Bonchev–Trinajstić information content (AvgIpc) is 2.48.